The highest BCUT2D eigenvalue weighted by Crippen LogP contribution is 2.11. The minimum absolute atomic E-state index is 0.864. The van der Waals surface area contributed by atoms with Crippen molar-refractivity contribution in [1.82, 2.24) is 25.4 Å². The summed E-state index contributed by atoms with van der Waals surface area (Å²) in [5.74, 6) is 1.96. The van der Waals surface area contributed by atoms with Gasteiger partial charge in [0.25, 0.3) is 0 Å². The molecule has 1 aromatic heterocycles. The standard InChI is InChI=1S/C9H17N5S/c1-8-11-9(13-12-8)15-7-6-14-4-2-10-3-5-14/h10H,2-7H2,1H3,(H,11,12,13). The molecule has 0 radical (unpaired) electrons. The van der Waals surface area contributed by atoms with Crippen LogP contribution in [0.15, 0.2) is 5.16 Å². The second kappa shape index (κ2) is 5.48. The van der Waals surface area contributed by atoms with Crippen molar-refractivity contribution in [2.24, 2.45) is 0 Å². The lowest BCUT2D eigenvalue weighted by atomic mass is 10.4. The van der Waals surface area contributed by atoms with Crippen LogP contribution in [0.5, 0.6) is 0 Å². The summed E-state index contributed by atoms with van der Waals surface area (Å²) in [6.45, 7) is 7.60. The van der Waals surface area contributed by atoms with Crippen molar-refractivity contribution < 1.29 is 0 Å². The predicted molar refractivity (Wildman–Crippen MR) is 61.2 cm³/mol. The van der Waals surface area contributed by atoms with E-state index in [1.807, 2.05) is 6.92 Å². The van der Waals surface area contributed by atoms with Crippen LogP contribution in [0.25, 0.3) is 0 Å². The summed E-state index contributed by atoms with van der Waals surface area (Å²) in [6.07, 6.45) is 0. The van der Waals surface area contributed by atoms with Gasteiger partial charge in [0.05, 0.1) is 0 Å². The first kappa shape index (κ1) is 10.9. The first-order chi connectivity index (χ1) is 7.34. The zero-order valence-corrected chi connectivity index (χ0v) is 9.81. The van der Waals surface area contributed by atoms with Gasteiger partial charge in [-0.2, -0.15) is 0 Å². The van der Waals surface area contributed by atoms with Crippen molar-refractivity contribution in [1.29, 1.82) is 0 Å². The maximum Gasteiger partial charge on any atom is 0.208 e. The number of hydrogen-bond acceptors (Lipinski definition) is 5. The molecule has 1 fully saturated rings. The third-order valence-corrected chi connectivity index (χ3v) is 3.25. The average molecular weight is 227 g/mol. The molecule has 2 N–H and O–H groups in total. The van der Waals surface area contributed by atoms with Gasteiger partial charge in [-0.05, 0) is 6.92 Å². The van der Waals surface area contributed by atoms with E-state index in [4.69, 9.17) is 0 Å². The fraction of sp³-hybridized carbons (Fsp3) is 0.778. The van der Waals surface area contributed by atoms with E-state index in [0.29, 0.717) is 0 Å². The number of rotatable bonds is 4. The Balaban J connectivity index is 1.65. The minimum Gasteiger partial charge on any atom is -0.314 e. The molecule has 1 aromatic rings. The molecule has 0 aromatic carbocycles. The molecular weight excluding hydrogens is 210 g/mol. The van der Waals surface area contributed by atoms with E-state index in [1.165, 1.54) is 0 Å². The van der Waals surface area contributed by atoms with E-state index < -0.39 is 0 Å². The van der Waals surface area contributed by atoms with Crippen LogP contribution >= 0.6 is 11.8 Å². The van der Waals surface area contributed by atoms with Gasteiger partial charge in [0.1, 0.15) is 5.82 Å². The molecule has 2 heterocycles. The topological polar surface area (TPSA) is 56.8 Å². The third-order valence-electron chi connectivity index (χ3n) is 2.42. The Hall–Kier alpha value is -0.590. The SMILES string of the molecule is Cc1nc(SCCN2CCNCC2)n[nH]1. The van der Waals surface area contributed by atoms with Crippen molar-refractivity contribution in [2.75, 3.05) is 38.5 Å². The van der Waals surface area contributed by atoms with Gasteiger partial charge in [-0.25, -0.2) is 4.98 Å². The monoisotopic (exact) mass is 227 g/mol. The Bertz CT molecular complexity index is 294. The summed E-state index contributed by atoms with van der Waals surface area (Å²) in [5.41, 5.74) is 0. The summed E-state index contributed by atoms with van der Waals surface area (Å²) < 4.78 is 0. The number of aryl methyl sites for hydroxylation is 1. The van der Waals surface area contributed by atoms with E-state index in [9.17, 15) is 0 Å². The number of hydrogen-bond donors (Lipinski definition) is 2. The number of nitrogens with zero attached hydrogens (tertiary/aromatic N) is 3. The summed E-state index contributed by atoms with van der Waals surface area (Å²) in [4.78, 5) is 6.73. The van der Waals surface area contributed by atoms with Gasteiger partial charge in [0.2, 0.25) is 5.16 Å². The van der Waals surface area contributed by atoms with Gasteiger partial charge in [-0.3, -0.25) is 10.00 Å². The Morgan fingerprint density at radius 1 is 1.40 bits per heavy atom. The molecule has 0 bridgehead atoms. The number of piperazine rings is 1. The first-order valence-electron chi connectivity index (χ1n) is 5.29. The average Bonchev–Trinajstić information content (AvgIpc) is 2.66. The molecule has 0 spiro atoms. The summed E-state index contributed by atoms with van der Waals surface area (Å²) in [5, 5.41) is 11.2. The van der Waals surface area contributed by atoms with Crippen LogP contribution < -0.4 is 5.32 Å². The molecule has 0 unspecified atom stereocenters. The fourth-order valence-corrected chi connectivity index (χ4v) is 2.43. The normalized spacial score (nSPS) is 18.2. The number of H-pyrrole nitrogens is 1. The lowest BCUT2D eigenvalue weighted by molar-refractivity contribution is 0.255. The second-order valence-electron chi connectivity index (χ2n) is 3.64. The third kappa shape index (κ3) is 3.48. The lowest BCUT2D eigenvalue weighted by Gasteiger charge is -2.26. The predicted octanol–water partition coefficient (Wildman–Crippen LogP) is 0.110. The zero-order chi connectivity index (χ0) is 10.5. The number of aromatic nitrogens is 3. The first-order valence-corrected chi connectivity index (χ1v) is 6.28. The van der Waals surface area contributed by atoms with Gasteiger partial charge in [0.15, 0.2) is 0 Å². The van der Waals surface area contributed by atoms with Gasteiger partial charge < -0.3 is 5.32 Å². The van der Waals surface area contributed by atoms with Crippen LogP contribution in [0, 0.1) is 6.92 Å². The van der Waals surface area contributed by atoms with Crippen molar-refractivity contribution in [2.45, 2.75) is 12.1 Å². The maximum atomic E-state index is 4.26. The molecule has 6 heteroatoms. The second-order valence-corrected chi connectivity index (χ2v) is 4.71. The smallest absolute Gasteiger partial charge is 0.208 e. The van der Waals surface area contributed by atoms with Gasteiger partial charge in [0, 0.05) is 38.5 Å². The molecule has 0 aliphatic carbocycles. The molecule has 1 aliphatic heterocycles. The van der Waals surface area contributed by atoms with Crippen LogP contribution in [0.1, 0.15) is 5.82 Å². The number of thioether (sulfide) groups is 1. The van der Waals surface area contributed by atoms with Crippen molar-refractivity contribution in [3.8, 4) is 0 Å². The van der Waals surface area contributed by atoms with E-state index in [1.54, 1.807) is 11.8 Å². The molecule has 0 saturated carbocycles. The van der Waals surface area contributed by atoms with Gasteiger partial charge in [-0.15, -0.1) is 5.10 Å². The Kier molecular flexibility index (Phi) is 3.99. The molecule has 0 amide bonds. The summed E-state index contributed by atoms with van der Waals surface area (Å²) in [7, 11) is 0. The Morgan fingerprint density at radius 2 is 2.20 bits per heavy atom. The highest BCUT2D eigenvalue weighted by atomic mass is 32.2. The quantitative estimate of drug-likeness (QED) is 0.715. The summed E-state index contributed by atoms with van der Waals surface area (Å²) in [6, 6.07) is 0. The molecule has 1 aliphatic rings. The van der Waals surface area contributed by atoms with Crippen LogP contribution in [0.4, 0.5) is 0 Å². The molecule has 84 valence electrons. The largest absolute Gasteiger partial charge is 0.314 e. The molecule has 5 nitrogen and oxygen atoms in total. The highest BCUT2D eigenvalue weighted by molar-refractivity contribution is 7.99. The number of aromatic amines is 1. The van der Waals surface area contributed by atoms with Crippen LogP contribution in [0.2, 0.25) is 0 Å². The number of nitrogens with one attached hydrogen (secondary N) is 2. The minimum atomic E-state index is 0.864. The maximum absolute atomic E-state index is 4.26. The van der Waals surface area contributed by atoms with Crippen molar-refractivity contribution in [3.05, 3.63) is 5.82 Å². The van der Waals surface area contributed by atoms with Crippen molar-refractivity contribution >= 4 is 11.8 Å². The zero-order valence-electron chi connectivity index (χ0n) is 8.99. The van der Waals surface area contributed by atoms with E-state index in [2.05, 4.69) is 25.4 Å². The Labute approximate surface area is 94.0 Å². The van der Waals surface area contributed by atoms with Crippen molar-refractivity contribution in [3.63, 3.8) is 0 Å². The fourth-order valence-electron chi connectivity index (χ4n) is 1.59. The van der Waals surface area contributed by atoms with E-state index in [-0.39, 0.29) is 0 Å². The van der Waals surface area contributed by atoms with Crippen LogP contribution in [-0.2, 0) is 0 Å². The molecule has 1 saturated heterocycles. The lowest BCUT2D eigenvalue weighted by Crippen LogP contribution is -2.44. The molecule has 2 rings (SSSR count). The van der Waals surface area contributed by atoms with Gasteiger partial charge >= 0.3 is 0 Å². The highest BCUT2D eigenvalue weighted by Gasteiger charge is 2.09. The molecular formula is C9H17N5S. The van der Waals surface area contributed by atoms with E-state index in [0.717, 1.165) is 49.5 Å². The Morgan fingerprint density at radius 3 is 2.87 bits per heavy atom. The van der Waals surface area contributed by atoms with E-state index >= 15 is 0 Å². The summed E-state index contributed by atoms with van der Waals surface area (Å²) >= 11 is 1.72. The molecule has 0 atom stereocenters. The van der Waals surface area contributed by atoms with Crippen LogP contribution in [0.3, 0.4) is 0 Å². The van der Waals surface area contributed by atoms with Gasteiger partial charge in [-0.1, -0.05) is 11.8 Å². The van der Waals surface area contributed by atoms with Crippen LogP contribution in [-0.4, -0.2) is 58.6 Å². The molecule has 15 heavy (non-hydrogen) atoms.